The maximum Gasteiger partial charge on any atom is 0.239 e. The second-order valence-corrected chi connectivity index (χ2v) is 3.71. The Hall–Kier alpha value is -1.49. The molecule has 0 aliphatic rings. The first kappa shape index (κ1) is 12.6. The fourth-order valence-electron chi connectivity index (χ4n) is 1.07. The Morgan fingerprint density at radius 2 is 2.38 bits per heavy atom. The number of pyridine rings is 1. The van der Waals surface area contributed by atoms with Crippen LogP contribution in [0.5, 0.6) is 0 Å². The lowest BCUT2D eigenvalue weighted by Gasteiger charge is -2.07. The molecule has 0 radical (unpaired) electrons. The van der Waals surface area contributed by atoms with E-state index in [4.69, 9.17) is 17.3 Å². The number of nitrogens with two attached hydrogens (primary N) is 1. The first-order valence-electron chi connectivity index (χ1n) is 5.05. The van der Waals surface area contributed by atoms with Crippen molar-refractivity contribution in [2.75, 3.05) is 24.1 Å². The molecule has 1 heterocycles. The quantitative estimate of drug-likeness (QED) is 0.726. The van der Waals surface area contributed by atoms with Gasteiger partial charge < -0.3 is 16.4 Å². The van der Waals surface area contributed by atoms with E-state index in [1.807, 2.05) is 6.92 Å². The van der Waals surface area contributed by atoms with Crippen LogP contribution in [0.1, 0.15) is 13.3 Å². The van der Waals surface area contributed by atoms with Crippen molar-refractivity contribution in [1.82, 2.24) is 10.3 Å². The first-order valence-corrected chi connectivity index (χ1v) is 5.43. The van der Waals surface area contributed by atoms with Crippen molar-refractivity contribution in [3.8, 4) is 0 Å². The Balaban J connectivity index is 2.45. The molecule has 6 heteroatoms. The predicted octanol–water partition coefficient (Wildman–Crippen LogP) is 1.26. The fourth-order valence-corrected chi connectivity index (χ4v) is 1.32. The van der Waals surface area contributed by atoms with E-state index >= 15 is 0 Å². The third kappa shape index (κ3) is 3.94. The Kier molecular flexibility index (Phi) is 4.85. The van der Waals surface area contributed by atoms with Gasteiger partial charge in [-0.2, -0.15) is 0 Å². The largest absolute Gasteiger partial charge is 0.397 e. The number of carbonyl (C=O) groups excluding carboxylic acids is 1. The molecule has 0 fully saturated rings. The molecule has 1 aromatic rings. The second kappa shape index (κ2) is 6.17. The number of nitrogens with one attached hydrogen (secondary N) is 2. The lowest BCUT2D eigenvalue weighted by Crippen LogP contribution is -2.30. The lowest BCUT2D eigenvalue weighted by atomic mass is 10.4. The highest BCUT2D eigenvalue weighted by Gasteiger charge is 2.04. The Morgan fingerprint density at radius 1 is 1.62 bits per heavy atom. The van der Waals surface area contributed by atoms with Gasteiger partial charge in [-0.15, -0.1) is 0 Å². The molecular weight excluding hydrogens is 228 g/mol. The van der Waals surface area contributed by atoms with Gasteiger partial charge in [0, 0.05) is 6.54 Å². The van der Waals surface area contributed by atoms with Crippen LogP contribution in [-0.4, -0.2) is 24.0 Å². The SMILES string of the molecule is CCCNC(=O)CNc1ncc(N)cc1Cl. The molecule has 1 amide bonds. The number of nitrogens with zero attached hydrogens (tertiary/aromatic N) is 1. The number of carbonyl (C=O) groups is 1. The topological polar surface area (TPSA) is 80.0 Å². The van der Waals surface area contributed by atoms with Crippen molar-refractivity contribution in [2.45, 2.75) is 13.3 Å². The third-order valence-electron chi connectivity index (χ3n) is 1.85. The number of rotatable bonds is 5. The van der Waals surface area contributed by atoms with Gasteiger partial charge in [-0.3, -0.25) is 4.79 Å². The van der Waals surface area contributed by atoms with Crippen molar-refractivity contribution >= 4 is 29.0 Å². The van der Waals surface area contributed by atoms with Crippen LogP contribution < -0.4 is 16.4 Å². The fraction of sp³-hybridized carbons (Fsp3) is 0.400. The van der Waals surface area contributed by atoms with Crippen LogP contribution in [0.2, 0.25) is 5.02 Å². The summed E-state index contributed by atoms with van der Waals surface area (Å²) in [5.41, 5.74) is 5.99. The monoisotopic (exact) mass is 242 g/mol. The molecule has 0 spiro atoms. The Bertz CT molecular complexity index is 370. The van der Waals surface area contributed by atoms with Crippen LogP contribution in [0.4, 0.5) is 11.5 Å². The third-order valence-corrected chi connectivity index (χ3v) is 2.14. The molecule has 0 aliphatic heterocycles. The molecule has 0 bridgehead atoms. The minimum absolute atomic E-state index is 0.0865. The minimum atomic E-state index is -0.0865. The van der Waals surface area contributed by atoms with E-state index < -0.39 is 0 Å². The Morgan fingerprint density at radius 3 is 3.00 bits per heavy atom. The van der Waals surface area contributed by atoms with Crippen LogP contribution >= 0.6 is 11.6 Å². The normalized spacial score (nSPS) is 9.88. The van der Waals surface area contributed by atoms with Gasteiger partial charge in [0.05, 0.1) is 23.5 Å². The number of aromatic nitrogens is 1. The van der Waals surface area contributed by atoms with Gasteiger partial charge in [-0.1, -0.05) is 18.5 Å². The maximum absolute atomic E-state index is 11.3. The van der Waals surface area contributed by atoms with E-state index in [-0.39, 0.29) is 12.5 Å². The predicted molar refractivity (Wildman–Crippen MR) is 65.4 cm³/mol. The molecule has 4 N–H and O–H groups in total. The maximum atomic E-state index is 11.3. The molecule has 1 rings (SSSR count). The van der Waals surface area contributed by atoms with Gasteiger partial charge in [-0.25, -0.2) is 4.98 Å². The van der Waals surface area contributed by atoms with Crippen LogP contribution in [0.25, 0.3) is 0 Å². The summed E-state index contributed by atoms with van der Waals surface area (Å²) in [6.07, 6.45) is 2.39. The van der Waals surface area contributed by atoms with E-state index in [0.717, 1.165) is 6.42 Å². The van der Waals surface area contributed by atoms with Gasteiger partial charge in [0.25, 0.3) is 0 Å². The van der Waals surface area contributed by atoms with Crippen LogP contribution in [0.15, 0.2) is 12.3 Å². The van der Waals surface area contributed by atoms with E-state index in [1.165, 1.54) is 6.20 Å². The zero-order valence-corrected chi connectivity index (χ0v) is 9.84. The zero-order valence-electron chi connectivity index (χ0n) is 9.09. The summed E-state index contributed by atoms with van der Waals surface area (Å²) in [5, 5.41) is 5.98. The van der Waals surface area contributed by atoms with E-state index in [2.05, 4.69) is 15.6 Å². The average molecular weight is 243 g/mol. The number of hydrogen-bond donors (Lipinski definition) is 3. The molecule has 0 saturated heterocycles. The lowest BCUT2D eigenvalue weighted by molar-refractivity contribution is -0.119. The molecule has 16 heavy (non-hydrogen) atoms. The standard InChI is InChI=1S/C10H15ClN4O/c1-2-3-13-9(16)6-15-10-8(11)4-7(12)5-14-10/h4-5H,2-3,6,12H2,1H3,(H,13,16)(H,14,15). The summed E-state index contributed by atoms with van der Waals surface area (Å²) in [5.74, 6) is 0.374. The summed E-state index contributed by atoms with van der Waals surface area (Å²) >= 11 is 5.88. The van der Waals surface area contributed by atoms with E-state index in [0.29, 0.717) is 23.1 Å². The summed E-state index contributed by atoms with van der Waals surface area (Å²) in [6, 6.07) is 1.58. The second-order valence-electron chi connectivity index (χ2n) is 3.30. The van der Waals surface area contributed by atoms with Crippen LogP contribution in [0, 0.1) is 0 Å². The van der Waals surface area contributed by atoms with Crippen LogP contribution in [-0.2, 0) is 4.79 Å². The summed E-state index contributed by atoms with van der Waals surface area (Å²) in [7, 11) is 0. The van der Waals surface area contributed by atoms with Crippen molar-refractivity contribution in [3.05, 3.63) is 17.3 Å². The highest BCUT2D eigenvalue weighted by Crippen LogP contribution is 2.20. The van der Waals surface area contributed by atoms with E-state index in [1.54, 1.807) is 6.07 Å². The number of anilines is 2. The van der Waals surface area contributed by atoms with Gasteiger partial charge in [-0.05, 0) is 12.5 Å². The molecule has 0 atom stereocenters. The van der Waals surface area contributed by atoms with Crippen molar-refractivity contribution < 1.29 is 4.79 Å². The van der Waals surface area contributed by atoms with Gasteiger partial charge in [0.1, 0.15) is 5.82 Å². The molecule has 5 nitrogen and oxygen atoms in total. The summed E-state index contributed by atoms with van der Waals surface area (Å²) < 4.78 is 0. The molecule has 88 valence electrons. The van der Waals surface area contributed by atoms with Crippen molar-refractivity contribution in [2.24, 2.45) is 0 Å². The van der Waals surface area contributed by atoms with Crippen molar-refractivity contribution in [3.63, 3.8) is 0 Å². The number of halogens is 1. The minimum Gasteiger partial charge on any atom is -0.397 e. The molecule has 0 aromatic carbocycles. The van der Waals surface area contributed by atoms with Crippen LogP contribution in [0.3, 0.4) is 0 Å². The zero-order chi connectivity index (χ0) is 12.0. The highest BCUT2D eigenvalue weighted by molar-refractivity contribution is 6.33. The van der Waals surface area contributed by atoms with Gasteiger partial charge in [0.2, 0.25) is 5.91 Å². The summed E-state index contributed by atoms with van der Waals surface area (Å²) in [6.45, 7) is 2.81. The first-order chi connectivity index (χ1) is 7.63. The van der Waals surface area contributed by atoms with Crippen molar-refractivity contribution in [1.29, 1.82) is 0 Å². The highest BCUT2D eigenvalue weighted by atomic mass is 35.5. The molecule has 0 aliphatic carbocycles. The number of amides is 1. The smallest absolute Gasteiger partial charge is 0.239 e. The molecule has 0 unspecified atom stereocenters. The molecular formula is C10H15ClN4O. The Labute approximate surface area is 99.4 Å². The number of nitrogen functional groups attached to an aromatic ring is 1. The van der Waals surface area contributed by atoms with Gasteiger partial charge in [0.15, 0.2) is 0 Å². The summed E-state index contributed by atoms with van der Waals surface area (Å²) in [4.78, 5) is 15.3. The van der Waals surface area contributed by atoms with E-state index in [9.17, 15) is 4.79 Å². The number of hydrogen-bond acceptors (Lipinski definition) is 4. The molecule has 1 aromatic heterocycles. The molecule has 0 saturated carbocycles. The average Bonchev–Trinajstić information content (AvgIpc) is 2.25. The van der Waals surface area contributed by atoms with Gasteiger partial charge >= 0.3 is 0 Å².